The summed E-state index contributed by atoms with van der Waals surface area (Å²) in [5.74, 6) is 0.837. The third-order valence-electron chi connectivity index (χ3n) is 5.08. The fourth-order valence-corrected chi connectivity index (χ4v) is 3.85. The monoisotopic (exact) mass is 448 g/mol. The first-order valence-electron chi connectivity index (χ1n) is 9.45. The van der Waals surface area contributed by atoms with Crippen molar-refractivity contribution < 1.29 is 9.18 Å². The van der Waals surface area contributed by atoms with Crippen LogP contribution in [-0.4, -0.2) is 37.2 Å². The summed E-state index contributed by atoms with van der Waals surface area (Å²) in [7, 11) is 0. The highest BCUT2D eigenvalue weighted by Crippen LogP contribution is 2.32. The molecule has 1 saturated heterocycles. The van der Waals surface area contributed by atoms with Crippen molar-refractivity contribution in [1.29, 1.82) is 0 Å². The molecule has 7 nitrogen and oxygen atoms in total. The van der Waals surface area contributed by atoms with Crippen LogP contribution in [-0.2, 0) is 6.54 Å². The van der Waals surface area contributed by atoms with E-state index in [0.717, 1.165) is 24.2 Å². The van der Waals surface area contributed by atoms with Crippen LogP contribution in [0, 0.1) is 12.7 Å². The lowest BCUT2D eigenvalue weighted by Gasteiger charge is -2.25. The number of pyridine rings is 1. The predicted molar refractivity (Wildman–Crippen MR) is 112 cm³/mol. The molecule has 3 aromatic rings. The Hall–Kier alpha value is -2.71. The number of carbonyl (C=O) groups excluding carboxylic acids is 1. The smallest absolute Gasteiger partial charge is 0.314 e. The maximum absolute atomic E-state index is 14.1. The number of nitrogens with one attached hydrogen (secondary N) is 1. The molecular weight excluding hydrogens is 430 g/mol. The van der Waals surface area contributed by atoms with Crippen molar-refractivity contribution in [2.75, 3.05) is 11.9 Å². The fraction of sp³-hybridized carbons (Fsp3) is 0.300. The van der Waals surface area contributed by atoms with E-state index >= 15 is 0 Å². The first-order chi connectivity index (χ1) is 14.4. The van der Waals surface area contributed by atoms with Gasteiger partial charge < -0.3 is 14.8 Å². The molecule has 1 aliphatic heterocycles. The van der Waals surface area contributed by atoms with Crippen LogP contribution < -0.4 is 5.32 Å². The summed E-state index contributed by atoms with van der Waals surface area (Å²) in [6.07, 6.45) is 3.26. The number of hydrogen-bond donors (Lipinski definition) is 1. The molecule has 0 aliphatic carbocycles. The molecule has 1 fully saturated rings. The molecule has 4 rings (SSSR count). The lowest BCUT2D eigenvalue weighted by molar-refractivity contribution is 0.203. The zero-order valence-corrected chi connectivity index (χ0v) is 17.7. The predicted octanol–water partition coefficient (Wildman–Crippen LogP) is 4.84. The number of aromatic nitrogens is 4. The van der Waals surface area contributed by atoms with Gasteiger partial charge in [-0.15, -0.1) is 10.2 Å². The molecule has 2 aromatic heterocycles. The van der Waals surface area contributed by atoms with Crippen LogP contribution in [0.15, 0.2) is 36.5 Å². The molecule has 0 saturated carbocycles. The Morgan fingerprint density at radius 3 is 2.83 bits per heavy atom. The molecular formula is C20H19Cl2FN6O. The summed E-state index contributed by atoms with van der Waals surface area (Å²) in [5.41, 5.74) is 1.03. The molecule has 1 atom stereocenters. The van der Waals surface area contributed by atoms with Crippen LogP contribution in [0.3, 0.4) is 0 Å². The number of halogens is 3. The number of aryl methyl sites for hydroxylation is 1. The van der Waals surface area contributed by atoms with E-state index in [4.69, 9.17) is 23.2 Å². The van der Waals surface area contributed by atoms with E-state index < -0.39 is 5.82 Å². The minimum atomic E-state index is -0.583. The first kappa shape index (κ1) is 20.6. The molecule has 0 unspecified atom stereocenters. The zero-order valence-electron chi connectivity index (χ0n) is 16.1. The number of urea groups is 1. The lowest BCUT2D eigenvalue weighted by Crippen LogP contribution is -2.36. The van der Waals surface area contributed by atoms with Crippen LogP contribution in [0.1, 0.15) is 36.1 Å². The Bertz CT molecular complexity index is 1070. The number of rotatable bonds is 4. The lowest BCUT2D eigenvalue weighted by atomic mass is 10.2. The molecule has 0 spiro atoms. The second kappa shape index (κ2) is 8.57. The van der Waals surface area contributed by atoms with E-state index in [0.29, 0.717) is 24.1 Å². The van der Waals surface area contributed by atoms with E-state index in [1.54, 1.807) is 17.2 Å². The van der Waals surface area contributed by atoms with Crippen molar-refractivity contribution in [2.45, 2.75) is 32.4 Å². The van der Waals surface area contributed by atoms with Crippen molar-refractivity contribution in [2.24, 2.45) is 0 Å². The Balaban J connectivity index is 1.56. The number of carbonyl (C=O) groups is 1. The summed E-state index contributed by atoms with van der Waals surface area (Å²) >= 11 is 11.7. The molecule has 30 heavy (non-hydrogen) atoms. The Labute approximate surface area is 182 Å². The SMILES string of the molecule is Cc1nnc([C@H]2CCCN2C(=O)Nc2ccc(Cl)cc2F)n1Cc1ccc(Cl)nc1. The number of amides is 2. The van der Waals surface area contributed by atoms with Crippen LogP contribution in [0.25, 0.3) is 0 Å². The van der Waals surface area contributed by atoms with Crippen LogP contribution >= 0.6 is 23.2 Å². The minimum Gasteiger partial charge on any atom is -0.314 e. The normalized spacial score (nSPS) is 16.1. The third-order valence-corrected chi connectivity index (χ3v) is 5.54. The van der Waals surface area contributed by atoms with Gasteiger partial charge in [0.1, 0.15) is 16.8 Å². The number of hydrogen-bond acceptors (Lipinski definition) is 4. The third kappa shape index (κ3) is 4.24. The van der Waals surface area contributed by atoms with Gasteiger partial charge in [-0.1, -0.05) is 29.3 Å². The quantitative estimate of drug-likeness (QED) is 0.579. The number of benzene rings is 1. The van der Waals surface area contributed by atoms with Gasteiger partial charge in [0.05, 0.1) is 18.3 Å². The second-order valence-electron chi connectivity index (χ2n) is 7.09. The van der Waals surface area contributed by atoms with Crippen molar-refractivity contribution in [3.05, 3.63) is 69.7 Å². The molecule has 1 N–H and O–H groups in total. The summed E-state index contributed by atoms with van der Waals surface area (Å²) < 4.78 is 16.1. The van der Waals surface area contributed by atoms with Crippen molar-refractivity contribution in [3.63, 3.8) is 0 Å². The Morgan fingerprint density at radius 1 is 1.27 bits per heavy atom. The average Bonchev–Trinajstić information content (AvgIpc) is 3.33. The molecule has 2 amide bonds. The van der Waals surface area contributed by atoms with Gasteiger partial charge in [0.25, 0.3) is 0 Å². The topological polar surface area (TPSA) is 75.9 Å². The summed E-state index contributed by atoms with van der Waals surface area (Å²) in [6, 6.07) is 7.11. The Morgan fingerprint density at radius 2 is 2.10 bits per heavy atom. The summed E-state index contributed by atoms with van der Waals surface area (Å²) in [4.78, 5) is 18.7. The molecule has 156 valence electrons. The molecule has 3 heterocycles. The van der Waals surface area contributed by atoms with Gasteiger partial charge in [-0.2, -0.15) is 0 Å². The maximum atomic E-state index is 14.1. The van der Waals surface area contributed by atoms with E-state index in [9.17, 15) is 9.18 Å². The van der Waals surface area contributed by atoms with Gasteiger partial charge >= 0.3 is 6.03 Å². The van der Waals surface area contributed by atoms with E-state index in [2.05, 4.69) is 20.5 Å². The largest absolute Gasteiger partial charge is 0.322 e. The van der Waals surface area contributed by atoms with Crippen molar-refractivity contribution >= 4 is 34.9 Å². The highest BCUT2D eigenvalue weighted by Gasteiger charge is 2.34. The molecule has 0 radical (unpaired) electrons. The number of nitrogens with zero attached hydrogens (tertiary/aromatic N) is 5. The fourth-order valence-electron chi connectivity index (χ4n) is 3.58. The van der Waals surface area contributed by atoms with Gasteiger partial charge in [-0.05, 0) is 49.6 Å². The van der Waals surface area contributed by atoms with Gasteiger partial charge in [0.15, 0.2) is 5.82 Å². The van der Waals surface area contributed by atoms with Gasteiger partial charge in [0, 0.05) is 17.8 Å². The van der Waals surface area contributed by atoms with Gasteiger partial charge in [0.2, 0.25) is 0 Å². The molecule has 1 aromatic carbocycles. The highest BCUT2D eigenvalue weighted by atomic mass is 35.5. The van der Waals surface area contributed by atoms with Crippen molar-refractivity contribution in [1.82, 2.24) is 24.6 Å². The van der Waals surface area contributed by atoms with Crippen LogP contribution in [0.2, 0.25) is 10.2 Å². The molecule has 0 bridgehead atoms. The molecule has 10 heteroatoms. The number of anilines is 1. The zero-order chi connectivity index (χ0) is 21.3. The average molecular weight is 449 g/mol. The number of likely N-dealkylation sites (tertiary alicyclic amines) is 1. The highest BCUT2D eigenvalue weighted by molar-refractivity contribution is 6.30. The Kier molecular flexibility index (Phi) is 5.87. The van der Waals surface area contributed by atoms with Gasteiger partial charge in [-0.3, -0.25) is 0 Å². The minimum absolute atomic E-state index is 0.0833. The van der Waals surface area contributed by atoms with Gasteiger partial charge in [-0.25, -0.2) is 14.2 Å². The van der Waals surface area contributed by atoms with E-state index in [1.807, 2.05) is 17.6 Å². The van der Waals surface area contributed by atoms with E-state index in [1.165, 1.54) is 18.2 Å². The summed E-state index contributed by atoms with van der Waals surface area (Å²) in [5, 5.41) is 11.9. The summed E-state index contributed by atoms with van der Waals surface area (Å²) in [6.45, 7) is 2.92. The first-order valence-corrected chi connectivity index (χ1v) is 10.2. The second-order valence-corrected chi connectivity index (χ2v) is 7.91. The maximum Gasteiger partial charge on any atom is 0.322 e. The molecule has 1 aliphatic rings. The van der Waals surface area contributed by atoms with Crippen molar-refractivity contribution in [3.8, 4) is 0 Å². The van der Waals surface area contributed by atoms with Crippen LogP contribution in [0.4, 0.5) is 14.9 Å². The van der Waals surface area contributed by atoms with E-state index in [-0.39, 0.29) is 22.8 Å². The standard InChI is InChI=1S/C20H19Cl2FN6O/c1-12-26-27-19(29(12)11-13-4-7-18(22)24-10-13)17-3-2-8-28(17)20(30)25-16-6-5-14(21)9-15(16)23/h4-7,9-10,17H,2-3,8,11H2,1H3,(H,25,30)/t17-/m1/s1. The van der Waals surface area contributed by atoms with Crippen LogP contribution in [0.5, 0.6) is 0 Å².